The van der Waals surface area contributed by atoms with Gasteiger partial charge in [-0.15, -0.1) is 5.11 Å². The number of H-pyrrole nitrogens is 1. The van der Waals surface area contributed by atoms with Crippen molar-refractivity contribution in [2.45, 2.75) is 0 Å². The lowest BCUT2D eigenvalue weighted by molar-refractivity contribution is 0.255. The molecule has 6 heteroatoms. The summed E-state index contributed by atoms with van der Waals surface area (Å²) >= 11 is 0. The summed E-state index contributed by atoms with van der Waals surface area (Å²) in [6.07, 6.45) is 0. The molecule has 6 nitrogen and oxygen atoms in total. The number of fused-ring (bicyclic) bond motifs is 1. The van der Waals surface area contributed by atoms with E-state index in [1.807, 2.05) is 6.07 Å². The Bertz CT molecular complexity index is 544. The van der Waals surface area contributed by atoms with Gasteiger partial charge in [-0.2, -0.15) is 0 Å². The predicted molar refractivity (Wildman–Crippen MR) is 54.1 cm³/mol. The third-order valence-electron chi connectivity index (χ3n) is 1.91. The molecular weight excluding hydrogens is 196 g/mol. The summed E-state index contributed by atoms with van der Waals surface area (Å²) in [7, 11) is 0. The number of carbonyl (C=O) groups excluding carboxylic acids is 1. The van der Waals surface area contributed by atoms with E-state index in [9.17, 15) is 9.90 Å². The molecule has 0 unspecified atom stereocenters. The molecule has 4 N–H and O–H groups in total. The fourth-order valence-electron chi connectivity index (χ4n) is 1.31. The molecule has 76 valence electrons. The Kier molecular flexibility index (Phi) is 2.09. The molecule has 2 amide bonds. The smallest absolute Gasteiger partial charge is 0.356 e. The highest BCUT2D eigenvalue weighted by Crippen LogP contribution is 2.34. The molecule has 0 aliphatic rings. The molecule has 2 aromatic rings. The Hall–Kier alpha value is -2.37. The van der Waals surface area contributed by atoms with E-state index in [4.69, 9.17) is 5.73 Å². The number of primary amides is 1. The number of aromatic amines is 1. The Morgan fingerprint density at radius 2 is 2.13 bits per heavy atom. The number of aromatic hydroxyl groups is 1. The number of hydrogen-bond acceptors (Lipinski definition) is 3. The molecule has 0 fully saturated rings. The summed E-state index contributed by atoms with van der Waals surface area (Å²) in [6, 6.07) is 6.23. The molecule has 1 aromatic carbocycles. The number of carbonyl (C=O) groups is 1. The van der Waals surface area contributed by atoms with E-state index >= 15 is 0 Å². The fourth-order valence-corrected chi connectivity index (χ4v) is 1.31. The summed E-state index contributed by atoms with van der Waals surface area (Å²) in [5.74, 6) is -0.138. The van der Waals surface area contributed by atoms with E-state index in [0.29, 0.717) is 10.9 Å². The Balaban J connectivity index is 2.59. The first-order chi connectivity index (χ1) is 7.18. The van der Waals surface area contributed by atoms with Crippen LogP contribution in [0, 0.1) is 0 Å². The first kappa shape index (κ1) is 9.20. The maximum absolute atomic E-state index is 10.4. The van der Waals surface area contributed by atoms with Crippen molar-refractivity contribution < 1.29 is 9.90 Å². The average Bonchev–Trinajstić information content (AvgIpc) is 2.50. The summed E-state index contributed by atoms with van der Waals surface area (Å²) < 4.78 is 0. The van der Waals surface area contributed by atoms with E-state index in [1.165, 1.54) is 0 Å². The highest BCUT2D eigenvalue weighted by atomic mass is 16.3. The number of aromatic nitrogens is 1. The van der Waals surface area contributed by atoms with Crippen LogP contribution in [0.2, 0.25) is 0 Å². The number of amides is 2. The van der Waals surface area contributed by atoms with Crippen LogP contribution in [0.15, 0.2) is 34.5 Å². The van der Waals surface area contributed by atoms with Crippen molar-refractivity contribution in [2.24, 2.45) is 16.0 Å². The first-order valence-electron chi connectivity index (χ1n) is 4.19. The number of benzene rings is 1. The average molecular weight is 204 g/mol. The van der Waals surface area contributed by atoms with E-state index in [-0.39, 0.29) is 11.6 Å². The number of urea groups is 1. The summed E-state index contributed by atoms with van der Waals surface area (Å²) in [6.45, 7) is 0. The van der Waals surface area contributed by atoms with Crippen molar-refractivity contribution in [3.63, 3.8) is 0 Å². The maximum Gasteiger partial charge on any atom is 0.356 e. The molecule has 0 atom stereocenters. The van der Waals surface area contributed by atoms with Crippen LogP contribution in [-0.2, 0) is 0 Å². The van der Waals surface area contributed by atoms with Gasteiger partial charge in [0, 0.05) is 5.39 Å². The molecule has 2 rings (SSSR count). The second kappa shape index (κ2) is 3.41. The summed E-state index contributed by atoms with van der Waals surface area (Å²) in [4.78, 5) is 13.1. The van der Waals surface area contributed by atoms with E-state index in [0.717, 1.165) is 0 Å². The van der Waals surface area contributed by atoms with Gasteiger partial charge in [0.25, 0.3) is 0 Å². The molecule has 1 heterocycles. The third-order valence-corrected chi connectivity index (χ3v) is 1.91. The van der Waals surface area contributed by atoms with E-state index in [1.54, 1.807) is 18.2 Å². The Morgan fingerprint density at radius 3 is 2.87 bits per heavy atom. The Morgan fingerprint density at radius 1 is 1.40 bits per heavy atom. The van der Waals surface area contributed by atoms with Crippen molar-refractivity contribution in [1.82, 2.24) is 4.98 Å². The number of nitrogens with two attached hydrogens (primary N) is 1. The minimum Gasteiger partial charge on any atom is -0.493 e. The van der Waals surface area contributed by atoms with Gasteiger partial charge in [0.2, 0.25) is 5.88 Å². The van der Waals surface area contributed by atoms with Gasteiger partial charge in [-0.25, -0.2) is 4.79 Å². The van der Waals surface area contributed by atoms with Crippen molar-refractivity contribution in [2.75, 3.05) is 0 Å². The zero-order valence-corrected chi connectivity index (χ0v) is 7.64. The highest BCUT2D eigenvalue weighted by molar-refractivity contribution is 5.94. The van der Waals surface area contributed by atoms with Gasteiger partial charge in [0.05, 0.1) is 5.52 Å². The minimum atomic E-state index is -0.903. The lowest BCUT2D eigenvalue weighted by atomic mass is 10.2. The topological polar surface area (TPSA) is 104 Å². The lowest BCUT2D eigenvalue weighted by Crippen LogP contribution is -2.01. The second-order valence-corrected chi connectivity index (χ2v) is 2.91. The summed E-state index contributed by atoms with van der Waals surface area (Å²) in [5.41, 5.74) is 5.74. The normalized spacial score (nSPS) is 11.2. The number of azo groups is 1. The van der Waals surface area contributed by atoms with E-state index in [2.05, 4.69) is 15.2 Å². The van der Waals surface area contributed by atoms with Crippen LogP contribution in [-0.4, -0.2) is 16.1 Å². The van der Waals surface area contributed by atoms with Gasteiger partial charge in [0.1, 0.15) is 0 Å². The zero-order chi connectivity index (χ0) is 10.8. The van der Waals surface area contributed by atoms with Gasteiger partial charge in [-0.05, 0) is 6.07 Å². The van der Waals surface area contributed by atoms with Crippen molar-refractivity contribution in [3.8, 4) is 5.88 Å². The number of para-hydroxylation sites is 1. The molecule has 0 spiro atoms. The second-order valence-electron chi connectivity index (χ2n) is 2.91. The molecule has 0 aliphatic carbocycles. The SMILES string of the molecule is NC(=O)/N=N/c1c(O)[nH]c2ccccc12. The molecule has 1 aromatic heterocycles. The highest BCUT2D eigenvalue weighted by Gasteiger charge is 2.09. The third kappa shape index (κ3) is 1.64. The molecular formula is C9H8N4O2. The van der Waals surface area contributed by atoms with Crippen LogP contribution in [0.5, 0.6) is 5.88 Å². The molecule has 0 radical (unpaired) electrons. The maximum atomic E-state index is 10.4. The first-order valence-corrected chi connectivity index (χ1v) is 4.19. The zero-order valence-electron chi connectivity index (χ0n) is 7.64. The van der Waals surface area contributed by atoms with Crippen molar-refractivity contribution in [3.05, 3.63) is 24.3 Å². The van der Waals surface area contributed by atoms with Crippen molar-refractivity contribution >= 4 is 22.6 Å². The molecule has 0 saturated carbocycles. The van der Waals surface area contributed by atoms with Crippen LogP contribution >= 0.6 is 0 Å². The summed E-state index contributed by atoms with van der Waals surface area (Å²) in [5, 5.41) is 16.9. The van der Waals surface area contributed by atoms with Gasteiger partial charge >= 0.3 is 6.03 Å². The van der Waals surface area contributed by atoms with Gasteiger partial charge in [0.15, 0.2) is 5.69 Å². The van der Waals surface area contributed by atoms with Crippen LogP contribution in [0.3, 0.4) is 0 Å². The van der Waals surface area contributed by atoms with Crippen LogP contribution in [0.1, 0.15) is 0 Å². The van der Waals surface area contributed by atoms with Crippen LogP contribution in [0.25, 0.3) is 10.9 Å². The van der Waals surface area contributed by atoms with Crippen LogP contribution in [0.4, 0.5) is 10.5 Å². The fraction of sp³-hybridized carbons (Fsp3) is 0. The van der Waals surface area contributed by atoms with Crippen molar-refractivity contribution in [1.29, 1.82) is 0 Å². The molecule has 0 bridgehead atoms. The molecule has 15 heavy (non-hydrogen) atoms. The standard InChI is InChI=1S/C9H8N4O2/c10-9(15)13-12-7-5-3-1-2-4-6(5)11-8(7)14/h1-4,11,14H,(H2,10,15)/b13-12+. The largest absolute Gasteiger partial charge is 0.493 e. The Labute approximate surface area is 84.4 Å². The number of rotatable bonds is 1. The number of nitrogens with zero attached hydrogens (tertiary/aromatic N) is 2. The van der Waals surface area contributed by atoms with Gasteiger partial charge in [-0.1, -0.05) is 23.3 Å². The quantitative estimate of drug-likeness (QED) is 0.618. The minimum absolute atomic E-state index is 0.138. The van der Waals surface area contributed by atoms with Gasteiger partial charge in [-0.3, -0.25) is 0 Å². The lowest BCUT2D eigenvalue weighted by Gasteiger charge is -1.88. The predicted octanol–water partition coefficient (Wildman–Crippen LogP) is 2.04. The van der Waals surface area contributed by atoms with E-state index < -0.39 is 6.03 Å². The molecule has 0 aliphatic heterocycles. The number of nitrogens with one attached hydrogen (secondary N) is 1. The van der Waals surface area contributed by atoms with Gasteiger partial charge < -0.3 is 15.8 Å². The number of hydrogen-bond donors (Lipinski definition) is 3. The van der Waals surface area contributed by atoms with Crippen LogP contribution < -0.4 is 5.73 Å². The monoisotopic (exact) mass is 204 g/mol. The molecule has 0 saturated heterocycles.